The number of halogens is 2. The summed E-state index contributed by atoms with van der Waals surface area (Å²) in [6.45, 7) is 16.6. The Morgan fingerprint density at radius 3 is 1.22 bits per heavy atom. The van der Waals surface area contributed by atoms with Gasteiger partial charge in [-0.1, -0.05) is 0 Å². The number of aryl methyl sites for hydroxylation is 4. The summed E-state index contributed by atoms with van der Waals surface area (Å²) in [7, 11) is 0. The first-order valence-corrected chi connectivity index (χ1v) is 34.3. The molecule has 0 nitrogen and oxygen atoms in total. The molecule has 0 radical (unpaired) electrons. The van der Waals surface area contributed by atoms with Gasteiger partial charge in [0.2, 0.25) is 0 Å². The minimum atomic E-state index is -3.86. The summed E-state index contributed by atoms with van der Waals surface area (Å²) in [5, 5.41) is 0. The van der Waals surface area contributed by atoms with Crippen LogP contribution >= 0.6 is 24.8 Å². The summed E-state index contributed by atoms with van der Waals surface area (Å²) in [6.07, 6.45) is 19.1. The SMILES string of the molecule is CCC1(CC2=Cc3c(-c4cc(C)cc(C)c4)cccc3[CH]2[Zr]([CH3])([CH3])(=[SiH2])[CH]2C(CC3(CC)CCC3)=Cc3c(-c4cc(C)cc(C)c4)cccc32)CCC1.Cl.Cl. The summed E-state index contributed by atoms with van der Waals surface area (Å²) in [5.41, 5.74) is 22.0. The standard InChI is InChI=1S/2C24H27.2CH3.2ClH.H2Si.Zr/c2*1-4-24(9-6-10-24)16-19-14-20-7-5-8-22(23(20)15-19)21-12-17(2)11-18(3)13-21;;;;;;/h2*5,7-8,11-15H,4,6,9-10,16H2,1-3H3;2*1H3;2*1H;1H2;. The van der Waals surface area contributed by atoms with Gasteiger partial charge in [0.15, 0.2) is 0 Å². The van der Waals surface area contributed by atoms with Crippen LogP contribution in [0.2, 0.25) is 9.26 Å². The van der Waals surface area contributed by atoms with Crippen molar-refractivity contribution in [3.8, 4) is 22.3 Å². The zero-order chi connectivity index (χ0) is 36.7. The molecular weight excluding hydrogens is 791 g/mol. The van der Waals surface area contributed by atoms with E-state index < -0.39 is 17.4 Å². The molecule has 0 aliphatic heterocycles. The first-order valence-electron chi connectivity index (χ1n) is 20.6. The summed E-state index contributed by atoms with van der Waals surface area (Å²) in [5.74, 6) is 0. The summed E-state index contributed by atoms with van der Waals surface area (Å²) >= 11 is -3.86. The van der Waals surface area contributed by atoms with E-state index in [0.29, 0.717) is 18.1 Å². The second kappa shape index (κ2) is 15.1. The molecule has 0 saturated heterocycles. The Kier molecular flexibility index (Phi) is 11.6. The quantitative estimate of drug-likeness (QED) is 0.139. The number of hydrogen-bond acceptors (Lipinski definition) is 0. The Morgan fingerprint density at radius 2 is 0.926 bits per heavy atom. The summed E-state index contributed by atoms with van der Waals surface area (Å²) < 4.78 is 6.89. The Balaban J connectivity index is 0.00000249. The van der Waals surface area contributed by atoms with Gasteiger partial charge in [-0.05, 0) is 0 Å². The molecule has 8 rings (SSSR count). The van der Waals surface area contributed by atoms with Gasteiger partial charge < -0.3 is 0 Å². The van der Waals surface area contributed by atoms with Gasteiger partial charge >= 0.3 is 320 Å². The maximum atomic E-state index is 2.90. The van der Waals surface area contributed by atoms with Crippen LogP contribution in [0, 0.1) is 38.5 Å². The van der Waals surface area contributed by atoms with Crippen LogP contribution in [0.1, 0.15) is 130 Å². The van der Waals surface area contributed by atoms with Crippen molar-refractivity contribution in [1.82, 2.24) is 0 Å². The third-order valence-corrected chi connectivity index (χ3v) is 32.3. The smallest absolute Gasteiger partial charge is 0.147 e. The van der Waals surface area contributed by atoms with Crippen molar-refractivity contribution in [3.05, 3.63) is 128 Å². The van der Waals surface area contributed by atoms with E-state index in [1.165, 1.54) is 120 Å². The number of benzene rings is 4. The second-order valence-corrected chi connectivity index (χ2v) is 49.9. The fourth-order valence-corrected chi connectivity index (χ4v) is 31.6. The third-order valence-electron chi connectivity index (χ3n) is 14.8. The topological polar surface area (TPSA) is 0 Å². The number of fused-ring (bicyclic) bond motifs is 2. The van der Waals surface area contributed by atoms with Crippen LogP contribution in [-0.4, -0.2) is 6.88 Å². The average Bonchev–Trinajstić information content (AvgIpc) is 3.62. The Morgan fingerprint density at radius 1 is 0.574 bits per heavy atom. The van der Waals surface area contributed by atoms with Gasteiger partial charge in [-0.15, -0.1) is 24.8 Å². The monoisotopic (exact) mass is 852 g/mol. The molecule has 4 aromatic carbocycles. The minimum Gasteiger partial charge on any atom is -0.147 e. The van der Waals surface area contributed by atoms with Crippen LogP contribution < -0.4 is 0 Å². The molecule has 4 aliphatic rings. The molecule has 4 heteroatoms. The largest absolute Gasteiger partial charge is 0.147 e. The van der Waals surface area contributed by atoms with Crippen LogP contribution in [0.25, 0.3) is 34.4 Å². The molecule has 54 heavy (non-hydrogen) atoms. The summed E-state index contributed by atoms with van der Waals surface area (Å²) in [6, 6.07) is 29.1. The maximum absolute atomic E-state index is 3.86. The van der Waals surface area contributed by atoms with E-state index in [1.54, 1.807) is 22.3 Å². The van der Waals surface area contributed by atoms with Crippen molar-refractivity contribution in [1.29, 1.82) is 0 Å². The minimum absolute atomic E-state index is 0. The van der Waals surface area contributed by atoms with Crippen molar-refractivity contribution in [3.63, 3.8) is 0 Å². The van der Waals surface area contributed by atoms with E-state index >= 15 is 0 Å². The van der Waals surface area contributed by atoms with Crippen LogP contribution in [0.5, 0.6) is 0 Å². The Labute approximate surface area is 342 Å². The van der Waals surface area contributed by atoms with Crippen LogP contribution in [0.3, 0.4) is 0 Å². The fraction of sp³-hybridized carbons (Fsp3) is 0.440. The molecule has 286 valence electrons. The molecule has 2 fully saturated rings. The van der Waals surface area contributed by atoms with Crippen LogP contribution in [0.4, 0.5) is 0 Å². The third kappa shape index (κ3) is 7.12. The number of rotatable bonds is 10. The first-order chi connectivity index (χ1) is 24.7. The molecule has 4 aliphatic carbocycles. The predicted molar refractivity (Wildman–Crippen MR) is 241 cm³/mol. The van der Waals surface area contributed by atoms with Gasteiger partial charge in [0.25, 0.3) is 0 Å². The molecule has 2 unspecified atom stereocenters. The molecule has 0 amide bonds. The normalized spacial score (nSPS) is 20.7. The molecule has 0 heterocycles. The van der Waals surface area contributed by atoms with Crippen LogP contribution in [0.15, 0.2) is 83.9 Å². The number of allylic oxidation sites excluding steroid dienone is 2. The molecular formula is C50H64Cl2SiZr. The van der Waals surface area contributed by atoms with Gasteiger partial charge in [0, 0.05) is 0 Å². The maximum Gasteiger partial charge on any atom is -0.147 e. The van der Waals surface area contributed by atoms with Crippen molar-refractivity contribution in [2.75, 3.05) is 0 Å². The predicted octanol–water partition coefficient (Wildman–Crippen LogP) is 14.9. The van der Waals surface area contributed by atoms with E-state index in [2.05, 4.69) is 143 Å². The average molecular weight is 855 g/mol. The molecule has 0 bridgehead atoms. The van der Waals surface area contributed by atoms with Crippen LogP contribution in [-0.2, 0) is 17.4 Å². The molecule has 0 N–H and O–H groups in total. The fourth-order valence-electron chi connectivity index (χ4n) is 11.9. The number of hydrogen-bond donors (Lipinski definition) is 0. The van der Waals surface area contributed by atoms with E-state index in [9.17, 15) is 0 Å². The Bertz CT molecular complexity index is 2020. The van der Waals surface area contributed by atoms with E-state index in [0.717, 1.165) is 0 Å². The second-order valence-electron chi connectivity index (χ2n) is 19.4. The van der Waals surface area contributed by atoms with Gasteiger partial charge in [0.05, 0.1) is 0 Å². The Hall–Kier alpha value is -1.96. The summed E-state index contributed by atoms with van der Waals surface area (Å²) in [4.78, 5) is 0. The van der Waals surface area contributed by atoms with E-state index in [-0.39, 0.29) is 24.8 Å². The molecule has 4 aromatic rings. The molecule has 2 saturated carbocycles. The zero-order valence-electron chi connectivity index (χ0n) is 34.3. The first kappa shape index (κ1) is 41.7. The molecule has 0 spiro atoms. The zero-order valence-corrected chi connectivity index (χ0v) is 39.8. The van der Waals surface area contributed by atoms with Gasteiger partial charge in [-0.2, -0.15) is 0 Å². The van der Waals surface area contributed by atoms with E-state index in [1.807, 2.05) is 0 Å². The van der Waals surface area contributed by atoms with E-state index in [4.69, 9.17) is 0 Å². The van der Waals surface area contributed by atoms with Crippen molar-refractivity contribution >= 4 is 43.8 Å². The van der Waals surface area contributed by atoms with Crippen molar-refractivity contribution in [2.24, 2.45) is 10.8 Å². The van der Waals surface area contributed by atoms with Gasteiger partial charge in [0.1, 0.15) is 0 Å². The molecule has 0 aromatic heterocycles. The van der Waals surface area contributed by atoms with Crippen molar-refractivity contribution in [2.45, 2.75) is 122 Å². The van der Waals surface area contributed by atoms with Crippen molar-refractivity contribution < 1.29 is 17.4 Å². The van der Waals surface area contributed by atoms with Gasteiger partial charge in [-0.3, -0.25) is 0 Å². The molecule has 2 atom stereocenters. The van der Waals surface area contributed by atoms with Gasteiger partial charge in [-0.25, -0.2) is 0 Å².